The van der Waals surface area contributed by atoms with Gasteiger partial charge >= 0.3 is 0 Å². The summed E-state index contributed by atoms with van der Waals surface area (Å²) in [5, 5.41) is 8.57. The maximum Gasteiger partial charge on any atom is 0.0864 e. The molecule has 0 atom stereocenters. The quantitative estimate of drug-likeness (QED) is 0.691. The zero-order chi connectivity index (χ0) is 12.3. The van der Waals surface area contributed by atoms with E-state index in [1.807, 2.05) is 11.7 Å². The molecule has 1 aliphatic carbocycles. The summed E-state index contributed by atoms with van der Waals surface area (Å²) in [6.07, 6.45) is 10.3. The first-order valence-corrected chi connectivity index (χ1v) is 6.96. The Morgan fingerprint density at radius 3 is 2.59 bits per heavy atom. The summed E-state index contributed by atoms with van der Waals surface area (Å²) in [5.41, 5.74) is 2.97. The summed E-state index contributed by atoms with van der Waals surface area (Å²) < 4.78 is 1.98. The monoisotopic (exact) mass is 235 g/mol. The molecule has 3 heteroatoms. The summed E-state index contributed by atoms with van der Waals surface area (Å²) in [6, 6.07) is 0. The molecule has 0 spiro atoms. The predicted octanol–water partition coefficient (Wildman–Crippen LogP) is 3.28. The van der Waals surface area contributed by atoms with Crippen molar-refractivity contribution in [3.8, 4) is 0 Å². The number of nitrogens with zero attached hydrogens (tertiary/aromatic N) is 3. The summed E-state index contributed by atoms with van der Waals surface area (Å²) in [7, 11) is 2.03. The summed E-state index contributed by atoms with van der Waals surface area (Å²) in [6.45, 7) is 4.73. The molecule has 0 aliphatic heterocycles. The molecule has 0 N–H and O–H groups in total. The van der Waals surface area contributed by atoms with E-state index in [4.69, 9.17) is 0 Å². The van der Waals surface area contributed by atoms with E-state index in [2.05, 4.69) is 24.2 Å². The van der Waals surface area contributed by atoms with Gasteiger partial charge in [0.2, 0.25) is 0 Å². The maximum absolute atomic E-state index is 4.37. The molecule has 0 saturated heterocycles. The molecule has 96 valence electrons. The number of rotatable bonds is 0. The zero-order valence-electron chi connectivity index (χ0n) is 11.5. The van der Waals surface area contributed by atoms with Gasteiger partial charge in [-0.15, -0.1) is 5.10 Å². The van der Waals surface area contributed by atoms with E-state index in [1.165, 1.54) is 49.9 Å². The van der Waals surface area contributed by atoms with Gasteiger partial charge in [-0.2, -0.15) is 0 Å². The fraction of sp³-hybridized carbons (Fsp3) is 0.857. The third kappa shape index (κ3) is 3.30. The van der Waals surface area contributed by atoms with E-state index in [9.17, 15) is 0 Å². The van der Waals surface area contributed by atoms with Gasteiger partial charge in [-0.25, -0.2) is 0 Å². The van der Waals surface area contributed by atoms with Crippen molar-refractivity contribution < 1.29 is 0 Å². The van der Waals surface area contributed by atoms with Crippen LogP contribution in [0.2, 0.25) is 0 Å². The minimum atomic E-state index is 0.370. The first kappa shape index (κ1) is 12.6. The largest absolute Gasteiger partial charge is 0.252 e. The van der Waals surface area contributed by atoms with Crippen LogP contribution in [0.25, 0.3) is 0 Å². The second-order valence-electron chi connectivity index (χ2n) is 6.22. The van der Waals surface area contributed by atoms with Crippen LogP contribution >= 0.6 is 0 Å². The van der Waals surface area contributed by atoms with Crippen LogP contribution in [0.5, 0.6) is 0 Å². The van der Waals surface area contributed by atoms with Crippen molar-refractivity contribution in [3.05, 3.63) is 11.4 Å². The average molecular weight is 235 g/mol. The van der Waals surface area contributed by atoms with Gasteiger partial charge in [0.25, 0.3) is 0 Å². The molecule has 0 aromatic carbocycles. The van der Waals surface area contributed by atoms with Crippen molar-refractivity contribution in [2.24, 2.45) is 12.5 Å². The number of hydrogen-bond acceptors (Lipinski definition) is 2. The van der Waals surface area contributed by atoms with Gasteiger partial charge in [0.15, 0.2) is 0 Å². The molecule has 2 rings (SSSR count). The van der Waals surface area contributed by atoms with Crippen LogP contribution in [0.4, 0.5) is 0 Å². The summed E-state index contributed by atoms with van der Waals surface area (Å²) in [5.74, 6) is 0. The number of aryl methyl sites for hydroxylation is 1. The van der Waals surface area contributed by atoms with E-state index in [0.717, 1.165) is 12.8 Å². The van der Waals surface area contributed by atoms with Crippen LogP contribution in [0, 0.1) is 5.41 Å². The van der Waals surface area contributed by atoms with E-state index >= 15 is 0 Å². The van der Waals surface area contributed by atoms with Crippen molar-refractivity contribution in [1.29, 1.82) is 0 Å². The highest BCUT2D eigenvalue weighted by atomic mass is 15.4. The fourth-order valence-corrected chi connectivity index (χ4v) is 2.83. The van der Waals surface area contributed by atoms with E-state index in [-0.39, 0.29) is 0 Å². The highest BCUT2D eigenvalue weighted by molar-refractivity contribution is 5.12. The van der Waals surface area contributed by atoms with Gasteiger partial charge in [-0.1, -0.05) is 44.7 Å². The predicted molar refractivity (Wildman–Crippen MR) is 69.9 cm³/mol. The minimum absolute atomic E-state index is 0.370. The van der Waals surface area contributed by atoms with Gasteiger partial charge < -0.3 is 0 Å². The SMILES string of the molecule is Cn1nnc2c1CCCCCCCC(C)(C)C2. The topological polar surface area (TPSA) is 30.7 Å². The Balaban J connectivity index is 2.19. The van der Waals surface area contributed by atoms with Gasteiger partial charge in [-0.3, -0.25) is 4.68 Å². The Bertz CT molecular complexity index is 366. The van der Waals surface area contributed by atoms with Crippen molar-refractivity contribution in [2.45, 2.75) is 65.2 Å². The highest BCUT2D eigenvalue weighted by Crippen LogP contribution is 2.30. The van der Waals surface area contributed by atoms with Crippen LogP contribution in [0.3, 0.4) is 0 Å². The van der Waals surface area contributed by atoms with Crippen LogP contribution in [-0.4, -0.2) is 15.0 Å². The molecule has 0 bridgehead atoms. The molecule has 0 radical (unpaired) electrons. The van der Waals surface area contributed by atoms with Gasteiger partial charge in [0, 0.05) is 7.05 Å². The van der Waals surface area contributed by atoms with Crippen molar-refractivity contribution >= 4 is 0 Å². The Morgan fingerprint density at radius 2 is 1.76 bits per heavy atom. The highest BCUT2D eigenvalue weighted by Gasteiger charge is 2.23. The molecule has 0 saturated carbocycles. The number of aromatic nitrogens is 3. The van der Waals surface area contributed by atoms with Crippen LogP contribution in [0.1, 0.15) is 63.8 Å². The lowest BCUT2D eigenvalue weighted by molar-refractivity contribution is 0.314. The first-order chi connectivity index (χ1) is 8.08. The lowest BCUT2D eigenvalue weighted by Crippen LogP contribution is -2.16. The van der Waals surface area contributed by atoms with Gasteiger partial charge in [0.05, 0.1) is 11.4 Å². The van der Waals surface area contributed by atoms with E-state index in [1.54, 1.807) is 0 Å². The number of hydrogen-bond donors (Lipinski definition) is 0. The standard InChI is InChI=1S/C14H25N3/c1-14(2)10-8-6-4-5-7-9-13-12(11-14)15-16-17(13)3/h4-11H2,1-3H3. The van der Waals surface area contributed by atoms with Gasteiger partial charge in [0.1, 0.15) is 0 Å². The zero-order valence-corrected chi connectivity index (χ0v) is 11.5. The molecule has 0 fully saturated rings. The van der Waals surface area contributed by atoms with Gasteiger partial charge in [-0.05, 0) is 31.1 Å². The summed E-state index contributed by atoms with van der Waals surface area (Å²) >= 11 is 0. The van der Waals surface area contributed by atoms with Crippen LogP contribution < -0.4 is 0 Å². The molecular formula is C14H25N3. The molecular weight excluding hydrogens is 210 g/mol. The molecule has 1 aliphatic rings. The average Bonchev–Trinajstić information content (AvgIpc) is 2.57. The summed E-state index contributed by atoms with van der Waals surface area (Å²) in [4.78, 5) is 0. The third-order valence-electron chi connectivity index (χ3n) is 3.94. The Morgan fingerprint density at radius 1 is 1.06 bits per heavy atom. The van der Waals surface area contributed by atoms with E-state index in [0.29, 0.717) is 5.41 Å². The smallest absolute Gasteiger partial charge is 0.0864 e. The first-order valence-electron chi connectivity index (χ1n) is 6.96. The third-order valence-corrected chi connectivity index (χ3v) is 3.94. The lowest BCUT2D eigenvalue weighted by atomic mass is 9.82. The molecule has 1 heterocycles. The Hall–Kier alpha value is -0.860. The normalized spacial score (nSPS) is 21.6. The van der Waals surface area contributed by atoms with E-state index < -0.39 is 0 Å². The minimum Gasteiger partial charge on any atom is -0.252 e. The molecule has 3 nitrogen and oxygen atoms in total. The molecule has 17 heavy (non-hydrogen) atoms. The van der Waals surface area contributed by atoms with Crippen LogP contribution in [-0.2, 0) is 19.9 Å². The van der Waals surface area contributed by atoms with Crippen LogP contribution in [0.15, 0.2) is 0 Å². The second kappa shape index (κ2) is 5.19. The fourth-order valence-electron chi connectivity index (χ4n) is 2.83. The number of fused-ring (bicyclic) bond motifs is 1. The molecule has 0 amide bonds. The Labute approximate surface area is 105 Å². The molecule has 1 aromatic rings. The van der Waals surface area contributed by atoms with Crippen molar-refractivity contribution in [3.63, 3.8) is 0 Å². The lowest BCUT2D eigenvalue weighted by Gasteiger charge is -2.23. The maximum atomic E-state index is 4.37. The van der Waals surface area contributed by atoms with Crippen molar-refractivity contribution in [2.75, 3.05) is 0 Å². The Kier molecular flexibility index (Phi) is 3.85. The molecule has 1 aromatic heterocycles. The molecule has 0 unspecified atom stereocenters. The second-order valence-corrected chi connectivity index (χ2v) is 6.22. The van der Waals surface area contributed by atoms with Crippen molar-refractivity contribution in [1.82, 2.24) is 15.0 Å².